The summed E-state index contributed by atoms with van der Waals surface area (Å²) in [4.78, 5) is 28.2. The summed E-state index contributed by atoms with van der Waals surface area (Å²) in [5, 5.41) is 5.72. The first kappa shape index (κ1) is 18.6. The van der Waals surface area contributed by atoms with Crippen LogP contribution in [0.1, 0.15) is 31.4 Å². The third-order valence-corrected chi connectivity index (χ3v) is 4.54. The Morgan fingerprint density at radius 2 is 1.89 bits per heavy atom. The fourth-order valence-corrected chi connectivity index (χ4v) is 2.97. The van der Waals surface area contributed by atoms with Gasteiger partial charge in [0.05, 0.1) is 23.4 Å². The molecule has 1 amide bonds. The molecule has 0 radical (unpaired) electrons. The second-order valence-corrected chi connectivity index (χ2v) is 6.76. The van der Waals surface area contributed by atoms with E-state index in [0.29, 0.717) is 29.2 Å². The van der Waals surface area contributed by atoms with Gasteiger partial charge in [-0.25, -0.2) is 9.78 Å². The summed E-state index contributed by atoms with van der Waals surface area (Å²) >= 11 is 1.57. The van der Waals surface area contributed by atoms with Crippen molar-refractivity contribution in [2.24, 2.45) is 0 Å². The Balaban J connectivity index is 1.63. The third-order valence-electron chi connectivity index (χ3n) is 3.71. The van der Waals surface area contributed by atoms with Gasteiger partial charge in [-0.15, -0.1) is 11.3 Å². The molecule has 0 aliphatic carbocycles. The lowest BCUT2D eigenvalue weighted by Gasteiger charge is -2.08. The average molecular weight is 382 g/mol. The summed E-state index contributed by atoms with van der Waals surface area (Å²) < 4.78 is 10.4. The van der Waals surface area contributed by atoms with Crippen LogP contribution in [-0.2, 0) is 11.3 Å². The number of esters is 1. The molecule has 0 saturated heterocycles. The molecule has 27 heavy (non-hydrogen) atoms. The molecule has 0 unspecified atom stereocenters. The molecular formula is C20H18N2O4S. The summed E-state index contributed by atoms with van der Waals surface area (Å²) in [6, 6.07) is 13.4. The lowest BCUT2D eigenvalue weighted by Crippen LogP contribution is -2.12. The van der Waals surface area contributed by atoms with Crippen molar-refractivity contribution in [1.29, 1.82) is 0 Å². The number of nitrogens with zero attached hydrogens (tertiary/aromatic N) is 1. The third kappa shape index (κ3) is 4.92. The zero-order valence-corrected chi connectivity index (χ0v) is 15.7. The van der Waals surface area contributed by atoms with Crippen LogP contribution in [0.4, 0.5) is 5.69 Å². The van der Waals surface area contributed by atoms with Gasteiger partial charge < -0.3 is 14.8 Å². The molecule has 0 aliphatic heterocycles. The number of thiazole rings is 1. The number of carbonyl (C=O) groups is 2. The number of hydrogen-bond donors (Lipinski definition) is 1. The van der Waals surface area contributed by atoms with Crippen molar-refractivity contribution in [2.45, 2.75) is 13.5 Å². The van der Waals surface area contributed by atoms with E-state index in [2.05, 4.69) is 15.0 Å². The lowest BCUT2D eigenvalue weighted by molar-refractivity contribution is 0.0600. The van der Waals surface area contributed by atoms with Crippen molar-refractivity contribution in [3.05, 3.63) is 75.7 Å². The van der Waals surface area contributed by atoms with Crippen LogP contribution in [-0.4, -0.2) is 24.0 Å². The summed E-state index contributed by atoms with van der Waals surface area (Å²) in [6.45, 7) is 2.29. The Hall–Kier alpha value is -3.19. The standard InChI is InChI=1S/C20H18N2O4S/c1-13-21-17(12-27-13)11-26-18-5-3-4-15(10-18)19(23)22-16-8-6-14(7-9-16)20(24)25-2/h3-10,12H,11H2,1-2H3,(H,22,23). The average Bonchev–Trinajstić information content (AvgIpc) is 3.12. The molecule has 0 fully saturated rings. The van der Waals surface area contributed by atoms with E-state index in [0.717, 1.165) is 10.7 Å². The number of aromatic nitrogens is 1. The summed E-state index contributed by atoms with van der Waals surface area (Å²) in [5.41, 5.74) is 2.33. The molecule has 1 N–H and O–H groups in total. The number of carbonyl (C=O) groups excluding carboxylic acids is 2. The molecule has 0 bridgehead atoms. The van der Waals surface area contributed by atoms with E-state index in [9.17, 15) is 9.59 Å². The van der Waals surface area contributed by atoms with E-state index in [1.807, 2.05) is 12.3 Å². The van der Waals surface area contributed by atoms with Crippen LogP contribution in [0.5, 0.6) is 5.75 Å². The topological polar surface area (TPSA) is 77.5 Å². The van der Waals surface area contributed by atoms with Gasteiger partial charge in [0, 0.05) is 16.6 Å². The van der Waals surface area contributed by atoms with Crippen LogP contribution in [0.3, 0.4) is 0 Å². The molecule has 0 spiro atoms. The number of hydrogen-bond acceptors (Lipinski definition) is 6. The first-order valence-electron chi connectivity index (χ1n) is 8.19. The van der Waals surface area contributed by atoms with Crippen molar-refractivity contribution in [3.8, 4) is 5.75 Å². The summed E-state index contributed by atoms with van der Waals surface area (Å²) in [6.07, 6.45) is 0. The van der Waals surface area contributed by atoms with Gasteiger partial charge in [-0.2, -0.15) is 0 Å². The molecule has 138 valence electrons. The molecule has 0 saturated carbocycles. The Morgan fingerprint density at radius 3 is 2.56 bits per heavy atom. The quantitative estimate of drug-likeness (QED) is 0.650. The molecule has 3 aromatic rings. The van der Waals surface area contributed by atoms with Crippen LogP contribution in [0, 0.1) is 6.92 Å². The van der Waals surface area contributed by atoms with E-state index >= 15 is 0 Å². The van der Waals surface area contributed by atoms with Crippen LogP contribution in [0.15, 0.2) is 53.9 Å². The number of amides is 1. The van der Waals surface area contributed by atoms with Crippen molar-refractivity contribution < 1.29 is 19.1 Å². The minimum atomic E-state index is -0.423. The number of rotatable bonds is 6. The maximum absolute atomic E-state index is 12.4. The summed E-state index contributed by atoms with van der Waals surface area (Å²) in [5.74, 6) is -0.0989. The van der Waals surface area contributed by atoms with Gasteiger partial charge in [-0.3, -0.25) is 4.79 Å². The largest absolute Gasteiger partial charge is 0.487 e. The van der Waals surface area contributed by atoms with Gasteiger partial charge in [0.1, 0.15) is 12.4 Å². The van der Waals surface area contributed by atoms with Crippen LogP contribution in [0.2, 0.25) is 0 Å². The van der Waals surface area contributed by atoms with Crippen LogP contribution < -0.4 is 10.1 Å². The molecule has 0 aliphatic rings. The van der Waals surface area contributed by atoms with Crippen LogP contribution >= 0.6 is 11.3 Å². The highest BCUT2D eigenvalue weighted by molar-refractivity contribution is 7.09. The highest BCUT2D eigenvalue weighted by Crippen LogP contribution is 2.18. The maximum Gasteiger partial charge on any atom is 0.337 e. The van der Waals surface area contributed by atoms with E-state index in [1.165, 1.54) is 7.11 Å². The SMILES string of the molecule is COC(=O)c1ccc(NC(=O)c2cccc(OCc3csc(C)n3)c2)cc1. The maximum atomic E-state index is 12.4. The van der Waals surface area contributed by atoms with Crippen molar-refractivity contribution in [3.63, 3.8) is 0 Å². The Labute approximate surface area is 160 Å². The predicted octanol–water partition coefficient (Wildman–Crippen LogP) is 4.07. The number of methoxy groups -OCH3 is 1. The minimum absolute atomic E-state index is 0.268. The van der Waals surface area contributed by atoms with E-state index in [-0.39, 0.29) is 5.91 Å². The van der Waals surface area contributed by atoms with E-state index in [4.69, 9.17) is 4.74 Å². The van der Waals surface area contributed by atoms with Gasteiger partial charge in [0.2, 0.25) is 0 Å². The molecule has 6 nitrogen and oxygen atoms in total. The molecular weight excluding hydrogens is 364 g/mol. The monoisotopic (exact) mass is 382 g/mol. The van der Waals surface area contributed by atoms with Gasteiger partial charge in [-0.1, -0.05) is 6.07 Å². The van der Waals surface area contributed by atoms with Gasteiger partial charge in [0.25, 0.3) is 5.91 Å². The molecule has 1 aromatic heterocycles. The number of anilines is 1. The zero-order valence-electron chi connectivity index (χ0n) is 14.9. The molecule has 3 rings (SSSR count). The Bertz CT molecular complexity index is 951. The second kappa shape index (κ2) is 8.46. The van der Waals surface area contributed by atoms with Gasteiger partial charge in [0.15, 0.2) is 0 Å². The van der Waals surface area contributed by atoms with Crippen LogP contribution in [0.25, 0.3) is 0 Å². The highest BCUT2D eigenvalue weighted by Gasteiger charge is 2.09. The summed E-state index contributed by atoms with van der Waals surface area (Å²) in [7, 11) is 1.32. The Morgan fingerprint density at radius 1 is 1.11 bits per heavy atom. The normalized spacial score (nSPS) is 10.3. The number of benzene rings is 2. The van der Waals surface area contributed by atoms with E-state index < -0.39 is 5.97 Å². The number of ether oxygens (including phenoxy) is 2. The first-order valence-corrected chi connectivity index (χ1v) is 9.07. The Kier molecular flexibility index (Phi) is 5.83. The lowest BCUT2D eigenvalue weighted by atomic mass is 10.1. The molecule has 2 aromatic carbocycles. The van der Waals surface area contributed by atoms with Crippen molar-refractivity contribution in [1.82, 2.24) is 4.98 Å². The van der Waals surface area contributed by atoms with Crippen molar-refractivity contribution >= 4 is 28.9 Å². The van der Waals surface area contributed by atoms with Crippen molar-refractivity contribution in [2.75, 3.05) is 12.4 Å². The highest BCUT2D eigenvalue weighted by atomic mass is 32.1. The van der Waals surface area contributed by atoms with Gasteiger partial charge in [-0.05, 0) is 49.4 Å². The fourth-order valence-electron chi connectivity index (χ4n) is 2.37. The minimum Gasteiger partial charge on any atom is -0.487 e. The second-order valence-electron chi connectivity index (χ2n) is 5.70. The molecule has 7 heteroatoms. The predicted molar refractivity (Wildman–Crippen MR) is 103 cm³/mol. The smallest absolute Gasteiger partial charge is 0.337 e. The van der Waals surface area contributed by atoms with E-state index in [1.54, 1.807) is 59.9 Å². The molecule has 0 atom stereocenters. The number of nitrogens with one attached hydrogen (secondary N) is 1. The molecule has 1 heterocycles. The number of aryl methyl sites for hydroxylation is 1. The fraction of sp³-hybridized carbons (Fsp3) is 0.150. The first-order chi connectivity index (χ1) is 13.0. The zero-order chi connectivity index (χ0) is 19.2. The van der Waals surface area contributed by atoms with Gasteiger partial charge >= 0.3 is 5.97 Å².